The Labute approximate surface area is 145 Å². The van der Waals surface area contributed by atoms with Crippen LogP contribution in [-0.4, -0.2) is 16.4 Å². The summed E-state index contributed by atoms with van der Waals surface area (Å²) in [6.07, 6.45) is 0.973. The minimum atomic E-state index is -0.113. The smallest absolute Gasteiger partial charge is 0.266 e. The molecular weight excluding hydrogens is 320 g/mol. The first-order chi connectivity index (χ1) is 11.7. The Morgan fingerprint density at radius 1 is 1.17 bits per heavy atom. The Hall–Kier alpha value is -2.40. The van der Waals surface area contributed by atoms with Crippen LogP contribution >= 0.6 is 11.3 Å². The van der Waals surface area contributed by atoms with Crippen LogP contribution in [0.25, 0.3) is 10.6 Å². The van der Waals surface area contributed by atoms with Crippen LogP contribution in [0, 0.1) is 6.92 Å². The van der Waals surface area contributed by atoms with Crippen LogP contribution in [-0.2, 0) is 13.0 Å². The number of aromatic nitrogens is 2. The van der Waals surface area contributed by atoms with Gasteiger partial charge in [0.1, 0.15) is 18.1 Å². The third-order valence-corrected chi connectivity index (χ3v) is 4.76. The van der Waals surface area contributed by atoms with Gasteiger partial charge in [-0.25, -0.2) is 4.68 Å². The molecule has 0 N–H and O–H groups in total. The Kier molecular flexibility index (Phi) is 5.11. The van der Waals surface area contributed by atoms with Crippen LogP contribution in [0.2, 0.25) is 0 Å². The Morgan fingerprint density at radius 3 is 2.79 bits per heavy atom. The van der Waals surface area contributed by atoms with E-state index in [1.54, 1.807) is 23.5 Å². The van der Waals surface area contributed by atoms with Crippen LogP contribution in [0.1, 0.15) is 17.4 Å². The lowest BCUT2D eigenvalue weighted by Gasteiger charge is -2.09. The topological polar surface area (TPSA) is 44.1 Å². The predicted octanol–water partition coefficient (Wildman–Crippen LogP) is 3.92. The van der Waals surface area contributed by atoms with Crippen LogP contribution in [0.4, 0.5) is 0 Å². The van der Waals surface area contributed by atoms with Gasteiger partial charge >= 0.3 is 0 Å². The molecule has 0 fully saturated rings. The summed E-state index contributed by atoms with van der Waals surface area (Å²) < 4.78 is 7.23. The highest BCUT2D eigenvalue weighted by atomic mass is 32.1. The first kappa shape index (κ1) is 16.5. The van der Waals surface area contributed by atoms with Gasteiger partial charge in [0.15, 0.2) is 0 Å². The lowest BCUT2D eigenvalue weighted by atomic mass is 10.2. The molecule has 2 heterocycles. The van der Waals surface area contributed by atoms with E-state index >= 15 is 0 Å². The van der Waals surface area contributed by atoms with Gasteiger partial charge in [0.05, 0.1) is 11.4 Å². The van der Waals surface area contributed by atoms with Crippen molar-refractivity contribution >= 4 is 11.3 Å². The van der Waals surface area contributed by atoms with Crippen molar-refractivity contribution in [3.63, 3.8) is 0 Å². The van der Waals surface area contributed by atoms with Gasteiger partial charge in [-0.1, -0.05) is 19.1 Å². The Balaban J connectivity index is 1.69. The van der Waals surface area contributed by atoms with Gasteiger partial charge in [-0.05, 0) is 49.2 Å². The maximum atomic E-state index is 12.0. The van der Waals surface area contributed by atoms with Gasteiger partial charge in [-0.2, -0.15) is 5.10 Å². The average molecular weight is 340 g/mol. The number of hydrogen-bond donors (Lipinski definition) is 0. The highest BCUT2D eigenvalue weighted by Crippen LogP contribution is 2.25. The predicted molar refractivity (Wildman–Crippen MR) is 97.9 cm³/mol. The summed E-state index contributed by atoms with van der Waals surface area (Å²) in [5.74, 6) is 0.826. The SMILES string of the molecule is CCc1cccc(OCCn2nc(-c3ccc(C)s3)ccc2=O)c1. The molecule has 0 radical (unpaired) electrons. The van der Waals surface area contributed by atoms with Crippen LogP contribution < -0.4 is 10.3 Å². The van der Waals surface area contributed by atoms with Crippen molar-refractivity contribution in [1.29, 1.82) is 0 Å². The minimum absolute atomic E-state index is 0.113. The summed E-state index contributed by atoms with van der Waals surface area (Å²) in [6, 6.07) is 15.4. The number of aryl methyl sites for hydroxylation is 2. The molecule has 0 aliphatic carbocycles. The molecule has 0 aliphatic heterocycles. The zero-order chi connectivity index (χ0) is 16.9. The van der Waals surface area contributed by atoms with Crippen molar-refractivity contribution < 1.29 is 4.74 Å². The first-order valence-electron chi connectivity index (χ1n) is 8.02. The second kappa shape index (κ2) is 7.45. The lowest BCUT2D eigenvalue weighted by Crippen LogP contribution is -2.25. The molecule has 0 saturated heterocycles. The molecule has 0 aliphatic rings. The fourth-order valence-electron chi connectivity index (χ4n) is 2.42. The molecule has 0 spiro atoms. The standard InChI is InChI=1S/C19H20N2O2S/c1-3-15-5-4-6-16(13-15)23-12-11-21-19(22)10-8-17(20-21)18-9-7-14(2)24-18/h4-10,13H,3,11-12H2,1-2H3. The molecule has 24 heavy (non-hydrogen) atoms. The molecule has 5 heteroatoms. The summed E-state index contributed by atoms with van der Waals surface area (Å²) in [5.41, 5.74) is 1.94. The maximum absolute atomic E-state index is 12.0. The number of nitrogens with zero attached hydrogens (tertiary/aromatic N) is 2. The van der Waals surface area contributed by atoms with Crippen LogP contribution in [0.5, 0.6) is 5.75 Å². The summed E-state index contributed by atoms with van der Waals surface area (Å²) in [4.78, 5) is 14.3. The highest BCUT2D eigenvalue weighted by molar-refractivity contribution is 7.15. The molecule has 0 unspecified atom stereocenters. The van der Waals surface area contributed by atoms with Crippen molar-refractivity contribution in [3.05, 3.63) is 69.3 Å². The van der Waals surface area contributed by atoms with E-state index in [0.29, 0.717) is 13.2 Å². The van der Waals surface area contributed by atoms with E-state index in [2.05, 4.69) is 31.1 Å². The normalized spacial score (nSPS) is 10.8. The van der Waals surface area contributed by atoms with E-state index in [4.69, 9.17) is 4.74 Å². The van der Waals surface area contributed by atoms with Gasteiger partial charge in [0, 0.05) is 10.9 Å². The fourth-order valence-corrected chi connectivity index (χ4v) is 3.25. The zero-order valence-corrected chi connectivity index (χ0v) is 14.7. The van der Waals surface area contributed by atoms with E-state index in [1.807, 2.05) is 24.3 Å². The van der Waals surface area contributed by atoms with Crippen molar-refractivity contribution in [2.75, 3.05) is 6.61 Å². The fraction of sp³-hybridized carbons (Fsp3) is 0.263. The van der Waals surface area contributed by atoms with Gasteiger partial charge in [0.25, 0.3) is 5.56 Å². The first-order valence-corrected chi connectivity index (χ1v) is 8.84. The number of ether oxygens (including phenoxy) is 1. The van der Waals surface area contributed by atoms with Crippen LogP contribution in [0.3, 0.4) is 0 Å². The molecule has 0 amide bonds. The Morgan fingerprint density at radius 2 is 2.04 bits per heavy atom. The quantitative estimate of drug-likeness (QED) is 0.683. The van der Waals surface area contributed by atoms with E-state index in [-0.39, 0.29) is 5.56 Å². The molecule has 0 saturated carbocycles. The van der Waals surface area contributed by atoms with Gasteiger partial charge in [-0.15, -0.1) is 11.3 Å². The van der Waals surface area contributed by atoms with E-state index < -0.39 is 0 Å². The third-order valence-electron chi connectivity index (χ3n) is 3.74. The monoisotopic (exact) mass is 340 g/mol. The van der Waals surface area contributed by atoms with E-state index in [1.165, 1.54) is 15.1 Å². The molecule has 4 nitrogen and oxygen atoms in total. The molecule has 124 valence electrons. The highest BCUT2D eigenvalue weighted by Gasteiger charge is 2.06. The number of rotatable bonds is 6. The van der Waals surface area contributed by atoms with Crippen molar-refractivity contribution in [2.24, 2.45) is 0 Å². The third kappa shape index (κ3) is 3.92. The van der Waals surface area contributed by atoms with Crippen molar-refractivity contribution in [2.45, 2.75) is 26.8 Å². The number of thiophene rings is 1. The Bertz CT molecular complexity index is 883. The maximum Gasteiger partial charge on any atom is 0.266 e. The molecule has 3 aromatic rings. The number of hydrogen-bond acceptors (Lipinski definition) is 4. The minimum Gasteiger partial charge on any atom is -0.492 e. The summed E-state index contributed by atoms with van der Waals surface area (Å²) >= 11 is 1.67. The van der Waals surface area contributed by atoms with E-state index in [9.17, 15) is 4.79 Å². The average Bonchev–Trinajstić information content (AvgIpc) is 3.03. The molecule has 1 aromatic carbocycles. The van der Waals surface area contributed by atoms with Crippen molar-refractivity contribution in [1.82, 2.24) is 9.78 Å². The van der Waals surface area contributed by atoms with E-state index in [0.717, 1.165) is 22.7 Å². The van der Waals surface area contributed by atoms with Crippen LogP contribution in [0.15, 0.2) is 53.3 Å². The lowest BCUT2D eigenvalue weighted by molar-refractivity contribution is 0.288. The summed E-state index contributed by atoms with van der Waals surface area (Å²) in [5, 5.41) is 4.46. The number of benzene rings is 1. The largest absolute Gasteiger partial charge is 0.492 e. The second-order valence-corrected chi connectivity index (χ2v) is 6.83. The second-order valence-electron chi connectivity index (χ2n) is 5.54. The molecule has 0 bridgehead atoms. The van der Waals surface area contributed by atoms with Gasteiger partial charge < -0.3 is 4.74 Å². The van der Waals surface area contributed by atoms with Gasteiger partial charge in [-0.3, -0.25) is 4.79 Å². The molecular formula is C19H20N2O2S. The molecule has 2 aromatic heterocycles. The summed E-state index contributed by atoms with van der Waals surface area (Å²) in [7, 11) is 0. The molecule has 3 rings (SSSR count). The summed E-state index contributed by atoms with van der Waals surface area (Å²) in [6.45, 7) is 5.00. The van der Waals surface area contributed by atoms with Gasteiger partial charge in [0.2, 0.25) is 0 Å². The van der Waals surface area contributed by atoms with Crippen molar-refractivity contribution in [3.8, 4) is 16.3 Å². The zero-order valence-electron chi connectivity index (χ0n) is 13.9. The molecule has 0 atom stereocenters.